The van der Waals surface area contributed by atoms with Crippen molar-refractivity contribution in [2.45, 2.75) is 19.8 Å². The lowest BCUT2D eigenvalue weighted by molar-refractivity contribution is 0.893. The van der Waals surface area contributed by atoms with Crippen LogP contribution in [0.15, 0.2) is 30.3 Å². The number of hydrogen-bond donors (Lipinski definition) is 2. The van der Waals surface area contributed by atoms with E-state index in [0.29, 0.717) is 4.77 Å². The Morgan fingerprint density at radius 2 is 1.95 bits per heavy atom. The minimum absolute atomic E-state index is 0.470. The van der Waals surface area contributed by atoms with Crippen LogP contribution >= 0.6 is 23.6 Å². The molecule has 0 amide bonds. The molecule has 0 aliphatic rings. The van der Waals surface area contributed by atoms with E-state index >= 15 is 0 Å². The van der Waals surface area contributed by atoms with Crippen LogP contribution in [0.3, 0.4) is 0 Å². The first-order valence-electron chi connectivity index (χ1n) is 6.48. The summed E-state index contributed by atoms with van der Waals surface area (Å²) in [6.45, 7) is 2.15. The molecule has 0 saturated heterocycles. The van der Waals surface area contributed by atoms with Gasteiger partial charge in [-0.15, -0.1) is 11.3 Å². The average molecular weight is 302 g/mol. The molecule has 0 atom stereocenters. The molecule has 102 valence electrons. The Bertz CT molecular complexity index is 755. The van der Waals surface area contributed by atoms with Gasteiger partial charge in [0.05, 0.1) is 10.6 Å². The lowest BCUT2D eigenvalue weighted by Crippen LogP contribution is -1.88. The van der Waals surface area contributed by atoms with Crippen LogP contribution in [0.5, 0.6) is 0 Å². The molecular formula is C14H14N4S2. The zero-order valence-corrected chi connectivity index (χ0v) is 12.6. The third kappa shape index (κ3) is 2.57. The van der Waals surface area contributed by atoms with Gasteiger partial charge in [-0.2, -0.15) is 4.98 Å². The summed E-state index contributed by atoms with van der Waals surface area (Å²) in [5.41, 5.74) is 2.21. The molecule has 2 aromatic heterocycles. The van der Waals surface area contributed by atoms with Gasteiger partial charge < -0.3 is 0 Å². The van der Waals surface area contributed by atoms with Crippen LogP contribution in [0.4, 0.5) is 0 Å². The minimum Gasteiger partial charge on any atom is -0.281 e. The summed E-state index contributed by atoms with van der Waals surface area (Å²) in [6, 6.07) is 10.2. The van der Waals surface area contributed by atoms with Gasteiger partial charge in [0.1, 0.15) is 5.01 Å². The van der Waals surface area contributed by atoms with Crippen molar-refractivity contribution in [1.29, 1.82) is 0 Å². The van der Waals surface area contributed by atoms with Gasteiger partial charge in [-0.25, -0.2) is 4.98 Å². The fourth-order valence-corrected chi connectivity index (χ4v) is 3.23. The number of H-pyrrole nitrogens is 2. The van der Waals surface area contributed by atoms with Crippen molar-refractivity contribution < 1.29 is 0 Å². The second kappa shape index (κ2) is 5.68. The summed E-state index contributed by atoms with van der Waals surface area (Å²) in [4.78, 5) is 10.1. The molecule has 0 unspecified atom stereocenters. The highest BCUT2D eigenvalue weighted by molar-refractivity contribution is 7.71. The van der Waals surface area contributed by atoms with Crippen LogP contribution in [0.1, 0.15) is 19.0 Å². The van der Waals surface area contributed by atoms with Gasteiger partial charge in [-0.3, -0.25) is 10.2 Å². The number of benzene rings is 1. The fourth-order valence-electron chi connectivity index (χ4n) is 2.02. The average Bonchev–Trinajstić information content (AvgIpc) is 3.07. The van der Waals surface area contributed by atoms with E-state index in [1.807, 2.05) is 18.2 Å². The zero-order chi connectivity index (χ0) is 13.9. The standard InChI is InChI=1S/C14H14N4S2/c1-2-6-10-11(12-16-14(19)18-17-12)20-13(15-10)9-7-4-3-5-8-9/h3-5,7-8H,2,6H2,1H3,(H2,16,17,18,19). The van der Waals surface area contributed by atoms with E-state index in [-0.39, 0.29) is 0 Å². The molecule has 0 spiro atoms. The summed E-state index contributed by atoms with van der Waals surface area (Å²) in [6.07, 6.45) is 1.99. The molecule has 0 aliphatic heterocycles. The van der Waals surface area contributed by atoms with Crippen LogP contribution < -0.4 is 0 Å². The van der Waals surface area contributed by atoms with Gasteiger partial charge in [-0.05, 0) is 18.6 Å². The fraction of sp³-hybridized carbons (Fsp3) is 0.214. The van der Waals surface area contributed by atoms with Crippen molar-refractivity contribution in [1.82, 2.24) is 20.2 Å². The third-order valence-corrected chi connectivity index (χ3v) is 4.27. The first kappa shape index (κ1) is 13.2. The van der Waals surface area contributed by atoms with Gasteiger partial charge >= 0.3 is 0 Å². The molecule has 0 aliphatic carbocycles. The van der Waals surface area contributed by atoms with Crippen molar-refractivity contribution in [3.05, 3.63) is 40.8 Å². The second-order valence-corrected chi connectivity index (χ2v) is 5.81. The van der Waals surface area contributed by atoms with Gasteiger partial charge in [0.25, 0.3) is 0 Å². The molecule has 20 heavy (non-hydrogen) atoms. The number of rotatable bonds is 4. The SMILES string of the molecule is CCCc1nc(-c2ccccc2)sc1-c1nc(=S)[nH][nH]1. The van der Waals surface area contributed by atoms with Crippen molar-refractivity contribution in [2.24, 2.45) is 0 Å². The highest BCUT2D eigenvalue weighted by Gasteiger charge is 2.15. The van der Waals surface area contributed by atoms with Crippen molar-refractivity contribution in [3.8, 4) is 21.3 Å². The second-order valence-electron chi connectivity index (χ2n) is 4.43. The van der Waals surface area contributed by atoms with E-state index in [9.17, 15) is 0 Å². The Kier molecular flexibility index (Phi) is 3.75. The van der Waals surface area contributed by atoms with E-state index in [0.717, 1.165) is 39.8 Å². The van der Waals surface area contributed by atoms with Gasteiger partial charge in [0.15, 0.2) is 5.82 Å². The van der Waals surface area contributed by atoms with Crippen LogP contribution in [-0.2, 0) is 6.42 Å². The summed E-state index contributed by atoms with van der Waals surface area (Å²) >= 11 is 6.68. The number of aromatic amines is 2. The van der Waals surface area contributed by atoms with Crippen LogP contribution in [0, 0.1) is 4.77 Å². The van der Waals surface area contributed by atoms with Gasteiger partial charge in [0.2, 0.25) is 4.77 Å². The summed E-state index contributed by atoms with van der Waals surface area (Å²) in [5.74, 6) is 0.776. The van der Waals surface area contributed by atoms with Gasteiger partial charge in [-0.1, -0.05) is 43.7 Å². The van der Waals surface area contributed by atoms with Gasteiger partial charge in [0, 0.05) is 5.56 Å². The number of aromatic nitrogens is 4. The number of thiazole rings is 1. The normalized spacial score (nSPS) is 10.8. The lowest BCUT2D eigenvalue weighted by Gasteiger charge is -1.95. The van der Waals surface area contributed by atoms with Crippen molar-refractivity contribution in [2.75, 3.05) is 0 Å². The molecule has 2 N–H and O–H groups in total. The highest BCUT2D eigenvalue weighted by atomic mass is 32.1. The molecule has 1 aromatic carbocycles. The quantitative estimate of drug-likeness (QED) is 0.710. The topological polar surface area (TPSA) is 57.4 Å². The first-order valence-corrected chi connectivity index (χ1v) is 7.70. The van der Waals surface area contributed by atoms with E-state index < -0.39 is 0 Å². The summed E-state index contributed by atoms with van der Waals surface area (Å²) in [5, 5.41) is 6.88. The molecule has 0 bridgehead atoms. The Hall–Kier alpha value is -1.79. The third-order valence-electron chi connectivity index (χ3n) is 2.92. The smallest absolute Gasteiger partial charge is 0.213 e. The molecule has 0 saturated carbocycles. The highest BCUT2D eigenvalue weighted by Crippen LogP contribution is 2.34. The largest absolute Gasteiger partial charge is 0.281 e. The van der Waals surface area contributed by atoms with Crippen molar-refractivity contribution in [3.63, 3.8) is 0 Å². The summed E-state index contributed by atoms with van der Waals surface area (Å²) < 4.78 is 0.470. The predicted octanol–water partition coefficient (Wildman–Crippen LogP) is 4.21. The maximum atomic E-state index is 5.03. The monoisotopic (exact) mass is 302 g/mol. The maximum Gasteiger partial charge on any atom is 0.213 e. The molecule has 3 aromatic rings. The van der Waals surface area contributed by atoms with E-state index in [1.165, 1.54) is 0 Å². The molecule has 0 fully saturated rings. The number of nitrogens with zero attached hydrogens (tertiary/aromatic N) is 2. The lowest BCUT2D eigenvalue weighted by atomic mass is 10.2. The maximum absolute atomic E-state index is 5.03. The number of hydrogen-bond acceptors (Lipinski definition) is 4. The Labute approximate surface area is 125 Å². The molecule has 6 heteroatoms. The molecular weight excluding hydrogens is 288 g/mol. The molecule has 4 nitrogen and oxygen atoms in total. The number of aryl methyl sites for hydroxylation is 1. The molecule has 0 radical (unpaired) electrons. The summed E-state index contributed by atoms with van der Waals surface area (Å²) in [7, 11) is 0. The van der Waals surface area contributed by atoms with E-state index in [1.54, 1.807) is 11.3 Å². The Morgan fingerprint density at radius 3 is 2.60 bits per heavy atom. The minimum atomic E-state index is 0.470. The first-order chi connectivity index (χ1) is 9.78. The Balaban J connectivity index is 2.09. The number of nitrogens with one attached hydrogen (secondary N) is 2. The van der Waals surface area contributed by atoms with Crippen LogP contribution in [0.2, 0.25) is 0 Å². The molecule has 2 heterocycles. The molecule has 3 rings (SSSR count). The van der Waals surface area contributed by atoms with Crippen molar-refractivity contribution >= 4 is 23.6 Å². The predicted molar refractivity (Wildman–Crippen MR) is 84.3 cm³/mol. The van der Waals surface area contributed by atoms with E-state index in [2.05, 4.69) is 34.2 Å². The zero-order valence-electron chi connectivity index (χ0n) is 11.0. The van der Waals surface area contributed by atoms with E-state index in [4.69, 9.17) is 17.2 Å². The van der Waals surface area contributed by atoms with Crippen LogP contribution in [-0.4, -0.2) is 20.2 Å². The van der Waals surface area contributed by atoms with Crippen LogP contribution in [0.25, 0.3) is 21.3 Å². The Morgan fingerprint density at radius 1 is 1.15 bits per heavy atom.